The lowest BCUT2D eigenvalue weighted by Gasteiger charge is -2.31. The van der Waals surface area contributed by atoms with E-state index >= 15 is 0 Å². The van der Waals surface area contributed by atoms with Crippen molar-refractivity contribution in [2.45, 2.75) is 39.2 Å². The number of ether oxygens (including phenoxy) is 1. The molecule has 0 unspecified atom stereocenters. The van der Waals surface area contributed by atoms with E-state index in [2.05, 4.69) is 15.9 Å². The summed E-state index contributed by atoms with van der Waals surface area (Å²) < 4.78 is 5.86. The van der Waals surface area contributed by atoms with Crippen molar-refractivity contribution in [3.8, 4) is 0 Å². The van der Waals surface area contributed by atoms with Crippen LogP contribution in [0.25, 0.3) is 0 Å². The highest BCUT2D eigenvalue weighted by molar-refractivity contribution is 9.10. The van der Waals surface area contributed by atoms with Crippen molar-refractivity contribution in [1.29, 1.82) is 0 Å². The minimum Gasteiger partial charge on any atom is -0.383 e. The maximum atomic E-state index is 12.7. The Morgan fingerprint density at radius 1 is 1.19 bits per heavy atom. The average molecular weight is 425 g/mol. The molecule has 26 heavy (non-hydrogen) atoms. The maximum absolute atomic E-state index is 12.7. The normalized spacial score (nSPS) is 13.5. The molecule has 2 rings (SSSR count). The van der Waals surface area contributed by atoms with Crippen LogP contribution >= 0.6 is 15.9 Å². The van der Waals surface area contributed by atoms with Gasteiger partial charge in [-0.2, -0.15) is 0 Å². The highest BCUT2D eigenvalue weighted by Crippen LogP contribution is 2.26. The largest absolute Gasteiger partial charge is 0.383 e. The summed E-state index contributed by atoms with van der Waals surface area (Å²) in [5, 5.41) is 0. The van der Waals surface area contributed by atoms with Crippen molar-refractivity contribution in [2.24, 2.45) is 0 Å². The molecule has 1 aromatic carbocycles. The smallest absolute Gasteiger partial charge is 0.261 e. The summed E-state index contributed by atoms with van der Waals surface area (Å²) in [4.78, 5) is 40.6. The van der Waals surface area contributed by atoms with Crippen molar-refractivity contribution in [2.75, 3.05) is 26.8 Å². The first kappa shape index (κ1) is 20.6. The Kier molecular flexibility index (Phi) is 7.34. The minimum absolute atomic E-state index is 0.0616. The summed E-state index contributed by atoms with van der Waals surface area (Å²) in [7, 11) is 1.60. The van der Waals surface area contributed by atoms with Gasteiger partial charge >= 0.3 is 0 Å². The van der Waals surface area contributed by atoms with Crippen molar-refractivity contribution in [3.63, 3.8) is 0 Å². The van der Waals surface area contributed by atoms with Gasteiger partial charge in [0.05, 0.1) is 17.7 Å². The molecule has 0 fully saturated rings. The van der Waals surface area contributed by atoms with Crippen LogP contribution in [-0.2, 0) is 9.53 Å². The van der Waals surface area contributed by atoms with E-state index in [9.17, 15) is 14.4 Å². The predicted octanol–water partition coefficient (Wildman–Crippen LogP) is 3.10. The first-order chi connectivity index (χ1) is 12.4. The number of carbonyl (C=O) groups is 3. The lowest BCUT2D eigenvalue weighted by atomic mass is 10.1. The third-order valence-corrected chi connectivity index (χ3v) is 5.22. The van der Waals surface area contributed by atoms with E-state index in [0.717, 1.165) is 22.2 Å². The van der Waals surface area contributed by atoms with Crippen molar-refractivity contribution < 1.29 is 19.1 Å². The molecule has 1 heterocycles. The number of methoxy groups -OCH3 is 1. The third-order valence-electron chi connectivity index (χ3n) is 4.72. The summed E-state index contributed by atoms with van der Waals surface area (Å²) >= 11 is 3.31. The van der Waals surface area contributed by atoms with Crippen LogP contribution in [0, 0.1) is 0 Å². The summed E-state index contributed by atoms with van der Waals surface area (Å²) in [6.45, 7) is 5.15. The van der Waals surface area contributed by atoms with Crippen LogP contribution in [0.1, 0.15) is 53.8 Å². The van der Waals surface area contributed by atoms with Gasteiger partial charge in [0.25, 0.3) is 11.8 Å². The van der Waals surface area contributed by atoms with Gasteiger partial charge in [-0.3, -0.25) is 19.3 Å². The zero-order valence-electron chi connectivity index (χ0n) is 15.5. The molecule has 1 aromatic rings. The van der Waals surface area contributed by atoms with Crippen molar-refractivity contribution in [1.82, 2.24) is 9.80 Å². The van der Waals surface area contributed by atoms with E-state index in [1.807, 2.05) is 13.8 Å². The van der Waals surface area contributed by atoms with Gasteiger partial charge in [0.15, 0.2) is 0 Å². The Hall–Kier alpha value is -1.73. The Labute approximate surface area is 162 Å². The van der Waals surface area contributed by atoms with Gasteiger partial charge < -0.3 is 9.64 Å². The van der Waals surface area contributed by atoms with E-state index in [1.54, 1.807) is 30.2 Å². The third kappa shape index (κ3) is 4.32. The van der Waals surface area contributed by atoms with Crippen LogP contribution in [0.4, 0.5) is 0 Å². The first-order valence-corrected chi connectivity index (χ1v) is 9.68. The molecule has 1 aliphatic heterocycles. The Balaban J connectivity index is 2.06. The highest BCUT2D eigenvalue weighted by atomic mass is 79.9. The predicted molar refractivity (Wildman–Crippen MR) is 102 cm³/mol. The van der Waals surface area contributed by atoms with Gasteiger partial charge in [-0.15, -0.1) is 0 Å². The van der Waals surface area contributed by atoms with Crippen molar-refractivity contribution >= 4 is 33.7 Å². The number of amides is 3. The molecule has 3 amide bonds. The summed E-state index contributed by atoms with van der Waals surface area (Å²) in [5.41, 5.74) is 0.773. The van der Waals surface area contributed by atoms with E-state index in [4.69, 9.17) is 4.74 Å². The molecule has 0 aliphatic carbocycles. The number of halogens is 1. The molecule has 0 saturated carbocycles. The minimum atomic E-state index is -0.343. The van der Waals surface area contributed by atoms with Gasteiger partial charge in [-0.1, -0.05) is 29.8 Å². The van der Waals surface area contributed by atoms with Crippen LogP contribution < -0.4 is 0 Å². The lowest BCUT2D eigenvalue weighted by Crippen LogP contribution is -2.43. The van der Waals surface area contributed by atoms with Gasteiger partial charge in [0.2, 0.25) is 5.91 Å². The number of fused-ring (bicyclic) bond motifs is 1. The molecule has 0 radical (unpaired) electrons. The molecule has 0 atom stereocenters. The Morgan fingerprint density at radius 3 is 2.46 bits per heavy atom. The zero-order chi connectivity index (χ0) is 19.3. The summed E-state index contributed by atoms with van der Waals surface area (Å²) in [6, 6.07) is 5.15. The number of carbonyl (C=O) groups excluding carboxylic acids is 3. The molecule has 0 saturated heterocycles. The summed E-state index contributed by atoms with van der Waals surface area (Å²) in [5.74, 6) is -0.741. The number of imide groups is 1. The van der Waals surface area contributed by atoms with Gasteiger partial charge in [0, 0.05) is 37.1 Å². The Morgan fingerprint density at radius 2 is 1.85 bits per heavy atom. The maximum Gasteiger partial charge on any atom is 0.261 e. The molecule has 0 bridgehead atoms. The zero-order valence-corrected chi connectivity index (χ0v) is 17.0. The molecule has 7 heteroatoms. The van der Waals surface area contributed by atoms with E-state index in [0.29, 0.717) is 24.3 Å². The van der Waals surface area contributed by atoms with E-state index in [-0.39, 0.29) is 36.7 Å². The van der Waals surface area contributed by atoms with Crippen LogP contribution in [0.3, 0.4) is 0 Å². The second-order valence-electron chi connectivity index (χ2n) is 6.25. The highest BCUT2D eigenvalue weighted by Gasteiger charge is 2.36. The average Bonchev–Trinajstić information content (AvgIpc) is 2.86. The lowest BCUT2D eigenvalue weighted by molar-refractivity contribution is -0.134. The fourth-order valence-electron chi connectivity index (χ4n) is 3.25. The van der Waals surface area contributed by atoms with Crippen LogP contribution in [0.15, 0.2) is 22.7 Å². The van der Waals surface area contributed by atoms with Gasteiger partial charge in [-0.25, -0.2) is 0 Å². The Bertz CT molecular complexity index is 688. The molecule has 0 aromatic heterocycles. The van der Waals surface area contributed by atoms with Gasteiger partial charge in [-0.05, 0) is 31.0 Å². The first-order valence-electron chi connectivity index (χ1n) is 8.88. The number of nitrogens with zero attached hydrogens (tertiary/aromatic N) is 2. The molecular formula is C19H25BrN2O4. The van der Waals surface area contributed by atoms with Crippen LogP contribution in [0.2, 0.25) is 0 Å². The SMILES string of the molecule is CCC(CC)N(CCOC)C(=O)CCN1C(=O)c2ccc(Br)cc2C1=O. The number of rotatable bonds is 9. The van der Waals surface area contributed by atoms with Crippen LogP contribution in [-0.4, -0.2) is 60.4 Å². The van der Waals surface area contributed by atoms with Gasteiger partial charge in [0.1, 0.15) is 0 Å². The van der Waals surface area contributed by atoms with E-state index in [1.165, 1.54) is 0 Å². The second-order valence-corrected chi connectivity index (χ2v) is 7.17. The molecular weight excluding hydrogens is 400 g/mol. The molecule has 0 spiro atoms. The molecule has 0 N–H and O–H groups in total. The number of benzene rings is 1. The second kappa shape index (κ2) is 9.28. The molecule has 1 aliphatic rings. The molecule has 6 nitrogen and oxygen atoms in total. The summed E-state index contributed by atoms with van der Waals surface area (Å²) in [6.07, 6.45) is 1.83. The number of hydrogen-bond acceptors (Lipinski definition) is 4. The number of hydrogen-bond donors (Lipinski definition) is 0. The van der Waals surface area contributed by atoms with Crippen molar-refractivity contribution in [3.05, 3.63) is 33.8 Å². The van der Waals surface area contributed by atoms with Crippen LogP contribution in [0.5, 0.6) is 0 Å². The quantitative estimate of drug-likeness (QED) is 0.571. The van der Waals surface area contributed by atoms with E-state index < -0.39 is 0 Å². The molecule has 142 valence electrons. The monoisotopic (exact) mass is 424 g/mol. The topological polar surface area (TPSA) is 66.9 Å². The fraction of sp³-hybridized carbons (Fsp3) is 0.526. The fourth-order valence-corrected chi connectivity index (χ4v) is 3.61. The standard InChI is InChI=1S/C19H25BrN2O4/c1-4-14(5-2)21(10-11-26-3)17(23)8-9-22-18(24)15-7-6-13(20)12-16(15)19(22)25/h6-7,12,14H,4-5,8-11H2,1-3H3.